The highest BCUT2D eigenvalue weighted by Gasteiger charge is 2.08. The number of amides is 2. The molecule has 0 heterocycles. The van der Waals surface area contributed by atoms with Crippen LogP contribution in [0.15, 0.2) is 48.5 Å². The van der Waals surface area contributed by atoms with E-state index in [0.717, 1.165) is 12.0 Å². The Hall–Kier alpha value is -2.62. The summed E-state index contributed by atoms with van der Waals surface area (Å²) < 4.78 is 0. The minimum Gasteiger partial charge on any atom is -0.352 e. The average Bonchev–Trinajstić information content (AvgIpc) is 2.59. The van der Waals surface area contributed by atoms with Crippen LogP contribution in [-0.2, 0) is 6.54 Å². The van der Waals surface area contributed by atoms with Gasteiger partial charge in [0, 0.05) is 24.2 Å². The number of aryl methyl sites for hydroxylation is 1. The Kier molecular flexibility index (Phi) is 5.92. The van der Waals surface area contributed by atoms with E-state index in [1.807, 2.05) is 38.1 Å². The Morgan fingerprint density at radius 1 is 0.826 bits per heavy atom. The van der Waals surface area contributed by atoms with Crippen molar-refractivity contribution in [1.82, 2.24) is 10.6 Å². The van der Waals surface area contributed by atoms with Crippen molar-refractivity contribution in [2.24, 2.45) is 0 Å². The third kappa shape index (κ3) is 4.95. The van der Waals surface area contributed by atoms with E-state index < -0.39 is 0 Å². The molecule has 120 valence electrons. The van der Waals surface area contributed by atoms with Crippen LogP contribution in [0.2, 0.25) is 0 Å². The Morgan fingerprint density at radius 2 is 1.35 bits per heavy atom. The molecule has 0 aromatic heterocycles. The van der Waals surface area contributed by atoms with Gasteiger partial charge in [-0.15, -0.1) is 0 Å². The second-order valence-corrected chi connectivity index (χ2v) is 5.50. The maximum atomic E-state index is 12.1. The molecule has 2 amide bonds. The molecule has 0 atom stereocenters. The van der Waals surface area contributed by atoms with Crippen molar-refractivity contribution in [3.63, 3.8) is 0 Å². The molecular weight excluding hydrogens is 288 g/mol. The van der Waals surface area contributed by atoms with Gasteiger partial charge in [-0.05, 0) is 43.2 Å². The maximum Gasteiger partial charge on any atom is 0.251 e. The van der Waals surface area contributed by atoms with Crippen molar-refractivity contribution < 1.29 is 9.59 Å². The molecule has 23 heavy (non-hydrogen) atoms. The predicted molar refractivity (Wildman–Crippen MR) is 91.4 cm³/mol. The highest BCUT2D eigenvalue weighted by Crippen LogP contribution is 2.06. The third-order valence-electron chi connectivity index (χ3n) is 3.52. The molecule has 2 aromatic carbocycles. The fourth-order valence-electron chi connectivity index (χ4n) is 2.10. The summed E-state index contributed by atoms with van der Waals surface area (Å²) in [6.45, 7) is 5.16. The second-order valence-electron chi connectivity index (χ2n) is 5.50. The van der Waals surface area contributed by atoms with Crippen molar-refractivity contribution in [3.8, 4) is 0 Å². The molecule has 4 nitrogen and oxygen atoms in total. The van der Waals surface area contributed by atoms with Gasteiger partial charge in [0.05, 0.1) is 0 Å². The summed E-state index contributed by atoms with van der Waals surface area (Å²) in [7, 11) is 0. The van der Waals surface area contributed by atoms with Gasteiger partial charge in [0.2, 0.25) is 0 Å². The summed E-state index contributed by atoms with van der Waals surface area (Å²) in [4.78, 5) is 23.9. The van der Waals surface area contributed by atoms with Gasteiger partial charge in [-0.1, -0.05) is 36.8 Å². The van der Waals surface area contributed by atoms with Gasteiger partial charge in [0.1, 0.15) is 0 Å². The van der Waals surface area contributed by atoms with Crippen LogP contribution in [0.4, 0.5) is 0 Å². The fourth-order valence-corrected chi connectivity index (χ4v) is 2.10. The van der Waals surface area contributed by atoms with Crippen molar-refractivity contribution in [1.29, 1.82) is 0 Å². The normalized spacial score (nSPS) is 10.2. The van der Waals surface area contributed by atoms with E-state index >= 15 is 0 Å². The van der Waals surface area contributed by atoms with Crippen molar-refractivity contribution in [2.75, 3.05) is 6.54 Å². The van der Waals surface area contributed by atoms with Crippen LogP contribution >= 0.6 is 0 Å². The highest BCUT2D eigenvalue weighted by molar-refractivity contribution is 5.97. The summed E-state index contributed by atoms with van der Waals surface area (Å²) in [6.07, 6.45) is 0.894. The first-order valence-corrected chi connectivity index (χ1v) is 7.82. The van der Waals surface area contributed by atoms with Crippen molar-refractivity contribution in [2.45, 2.75) is 26.8 Å². The molecule has 0 aliphatic carbocycles. The number of carbonyl (C=O) groups is 2. The molecule has 0 fully saturated rings. The summed E-state index contributed by atoms with van der Waals surface area (Å²) >= 11 is 0. The van der Waals surface area contributed by atoms with Crippen LogP contribution in [0.25, 0.3) is 0 Å². The average molecular weight is 310 g/mol. The van der Waals surface area contributed by atoms with Gasteiger partial charge < -0.3 is 10.6 Å². The number of rotatable bonds is 6. The summed E-state index contributed by atoms with van der Waals surface area (Å²) in [5.74, 6) is -0.260. The molecule has 0 bridgehead atoms. The number of benzene rings is 2. The zero-order chi connectivity index (χ0) is 16.7. The molecule has 0 aliphatic heterocycles. The Labute approximate surface area is 136 Å². The minimum absolute atomic E-state index is 0.113. The van der Waals surface area contributed by atoms with Gasteiger partial charge in [0.15, 0.2) is 0 Å². The maximum absolute atomic E-state index is 12.1. The predicted octanol–water partition coefficient (Wildman–Crippen LogP) is 3.06. The van der Waals surface area contributed by atoms with E-state index in [9.17, 15) is 9.59 Å². The monoisotopic (exact) mass is 310 g/mol. The van der Waals surface area contributed by atoms with E-state index in [-0.39, 0.29) is 11.8 Å². The summed E-state index contributed by atoms with van der Waals surface area (Å²) in [6, 6.07) is 14.7. The zero-order valence-corrected chi connectivity index (χ0v) is 13.6. The zero-order valence-electron chi connectivity index (χ0n) is 13.6. The highest BCUT2D eigenvalue weighted by atomic mass is 16.2. The molecule has 0 aliphatic rings. The Balaban J connectivity index is 1.92. The van der Waals surface area contributed by atoms with E-state index in [4.69, 9.17) is 0 Å². The van der Waals surface area contributed by atoms with Crippen molar-refractivity contribution in [3.05, 3.63) is 70.8 Å². The van der Waals surface area contributed by atoms with E-state index in [0.29, 0.717) is 24.2 Å². The number of hydrogen-bond acceptors (Lipinski definition) is 2. The SMILES string of the molecule is CCCNC(=O)c1ccc(C(=O)NCc2ccc(C)cc2)cc1. The quantitative estimate of drug-likeness (QED) is 0.861. The number of nitrogens with one attached hydrogen (secondary N) is 2. The van der Waals surface area contributed by atoms with Gasteiger partial charge >= 0.3 is 0 Å². The van der Waals surface area contributed by atoms with Crippen LogP contribution in [0.1, 0.15) is 45.2 Å². The van der Waals surface area contributed by atoms with Gasteiger partial charge in [-0.3, -0.25) is 9.59 Å². The first kappa shape index (κ1) is 16.7. The van der Waals surface area contributed by atoms with E-state index in [2.05, 4.69) is 10.6 Å². The van der Waals surface area contributed by atoms with Crippen LogP contribution < -0.4 is 10.6 Å². The lowest BCUT2D eigenvalue weighted by Crippen LogP contribution is -2.25. The first-order chi connectivity index (χ1) is 11.1. The molecule has 0 saturated heterocycles. The molecule has 2 N–H and O–H groups in total. The number of hydrogen-bond donors (Lipinski definition) is 2. The topological polar surface area (TPSA) is 58.2 Å². The lowest BCUT2D eigenvalue weighted by molar-refractivity contribution is 0.0940. The largest absolute Gasteiger partial charge is 0.352 e. The lowest BCUT2D eigenvalue weighted by atomic mass is 10.1. The number of carbonyl (C=O) groups excluding carboxylic acids is 2. The van der Waals surface area contributed by atoms with E-state index in [1.54, 1.807) is 24.3 Å². The molecule has 0 saturated carbocycles. The molecule has 0 radical (unpaired) electrons. The van der Waals surface area contributed by atoms with Gasteiger partial charge in [0.25, 0.3) is 11.8 Å². The van der Waals surface area contributed by atoms with Gasteiger partial charge in [-0.25, -0.2) is 0 Å². The van der Waals surface area contributed by atoms with Crippen LogP contribution in [0.5, 0.6) is 0 Å². The van der Waals surface area contributed by atoms with Gasteiger partial charge in [-0.2, -0.15) is 0 Å². The van der Waals surface area contributed by atoms with E-state index in [1.165, 1.54) is 5.56 Å². The first-order valence-electron chi connectivity index (χ1n) is 7.82. The Morgan fingerprint density at radius 3 is 1.87 bits per heavy atom. The summed E-state index contributed by atoms with van der Waals surface area (Å²) in [5, 5.41) is 5.69. The minimum atomic E-state index is -0.147. The smallest absolute Gasteiger partial charge is 0.251 e. The standard InChI is InChI=1S/C19H22N2O2/c1-3-12-20-18(22)16-8-10-17(11-9-16)19(23)21-13-15-6-4-14(2)5-7-15/h4-11H,3,12-13H2,1-2H3,(H,20,22)(H,21,23). The van der Waals surface area contributed by atoms with Crippen LogP contribution in [0, 0.1) is 6.92 Å². The Bertz CT molecular complexity index is 661. The molecule has 0 spiro atoms. The third-order valence-corrected chi connectivity index (χ3v) is 3.52. The second kappa shape index (κ2) is 8.13. The molecular formula is C19H22N2O2. The fraction of sp³-hybridized carbons (Fsp3) is 0.263. The molecule has 2 aromatic rings. The van der Waals surface area contributed by atoms with Crippen LogP contribution in [0.3, 0.4) is 0 Å². The molecule has 2 rings (SSSR count). The lowest BCUT2D eigenvalue weighted by Gasteiger charge is -2.07. The molecule has 0 unspecified atom stereocenters. The van der Waals surface area contributed by atoms with Crippen LogP contribution in [-0.4, -0.2) is 18.4 Å². The molecule has 4 heteroatoms. The van der Waals surface area contributed by atoms with Crippen molar-refractivity contribution >= 4 is 11.8 Å². The summed E-state index contributed by atoms with van der Waals surface area (Å²) in [5.41, 5.74) is 3.36.